The molecule has 2 aromatic rings. The molecule has 1 N–H and O–H groups in total. The molecule has 0 saturated carbocycles. The molecule has 0 bridgehead atoms. The summed E-state index contributed by atoms with van der Waals surface area (Å²) in [6, 6.07) is 10.5. The SMILES string of the molecule is Cc1ccc([N+](=O)[O-])cc1NC(=O)CCCOc1ccc(C(C)C)c(C)c1. The van der Waals surface area contributed by atoms with Crippen molar-refractivity contribution in [1.82, 2.24) is 0 Å². The first kappa shape index (κ1) is 20.4. The predicted molar refractivity (Wildman–Crippen MR) is 106 cm³/mol. The first-order valence-electron chi connectivity index (χ1n) is 9.06. The van der Waals surface area contributed by atoms with Gasteiger partial charge in [0.25, 0.3) is 5.69 Å². The normalized spacial score (nSPS) is 10.7. The smallest absolute Gasteiger partial charge is 0.271 e. The van der Waals surface area contributed by atoms with Gasteiger partial charge in [0.15, 0.2) is 0 Å². The van der Waals surface area contributed by atoms with Crippen LogP contribution in [-0.4, -0.2) is 17.4 Å². The van der Waals surface area contributed by atoms with Gasteiger partial charge in [0.1, 0.15) is 5.75 Å². The summed E-state index contributed by atoms with van der Waals surface area (Å²) in [5, 5.41) is 13.6. The van der Waals surface area contributed by atoms with Crippen LogP contribution in [0.3, 0.4) is 0 Å². The van der Waals surface area contributed by atoms with E-state index in [1.807, 2.05) is 12.1 Å². The number of ether oxygens (including phenoxy) is 1. The number of nitro benzene ring substituents is 1. The van der Waals surface area contributed by atoms with E-state index in [0.717, 1.165) is 11.3 Å². The zero-order valence-electron chi connectivity index (χ0n) is 16.2. The highest BCUT2D eigenvalue weighted by molar-refractivity contribution is 5.91. The Kier molecular flexibility index (Phi) is 6.93. The van der Waals surface area contributed by atoms with E-state index in [2.05, 4.69) is 32.2 Å². The Balaban J connectivity index is 1.82. The lowest BCUT2D eigenvalue weighted by molar-refractivity contribution is -0.384. The third kappa shape index (κ3) is 5.81. The summed E-state index contributed by atoms with van der Waals surface area (Å²) in [5.74, 6) is 1.08. The summed E-state index contributed by atoms with van der Waals surface area (Å²) in [7, 11) is 0. The average molecular weight is 370 g/mol. The molecule has 0 unspecified atom stereocenters. The highest BCUT2D eigenvalue weighted by Gasteiger charge is 2.11. The van der Waals surface area contributed by atoms with Gasteiger partial charge >= 0.3 is 0 Å². The Hall–Kier alpha value is -2.89. The number of nitrogens with one attached hydrogen (secondary N) is 1. The van der Waals surface area contributed by atoms with Gasteiger partial charge in [-0.25, -0.2) is 0 Å². The Bertz CT molecular complexity index is 831. The summed E-state index contributed by atoms with van der Waals surface area (Å²) in [6.07, 6.45) is 0.843. The number of benzene rings is 2. The second-order valence-electron chi connectivity index (χ2n) is 6.93. The average Bonchev–Trinajstić information content (AvgIpc) is 2.60. The minimum absolute atomic E-state index is 0.0422. The summed E-state index contributed by atoms with van der Waals surface area (Å²) in [6.45, 7) is 8.61. The molecule has 6 heteroatoms. The van der Waals surface area contributed by atoms with E-state index < -0.39 is 4.92 Å². The first-order chi connectivity index (χ1) is 12.8. The van der Waals surface area contributed by atoms with Gasteiger partial charge in [-0.05, 0) is 55.0 Å². The molecule has 144 valence electrons. The topological polar surface area (TPSA) is 81.5 Å². The molecule has 27 heavy (non-hydrogen) atoms. The van der Waals surface area contributed by atoms with E-state index in [4.69, 9.17) is 4.74 Å². The van der Waals surface area contributed by atoms with Crippen LogP contribution in [0.1, 0.15) is 49.3 Å². The molecule has 2 rings (SSSR count). The van der Waals surface area contributed by atoms with Crippen molar-refractivity contribution in [3.63, 3.8) is 0 Å². The third-order valence-corrected chi connectivity index (χ3v) is 4.39. The number of rotatable bonds is 8. The highest BCUT2D eigenvalue weighted by Crippen LogP contribution is 2.24. The van der Waals surface area contributed by atoms with E-state index in [0.29, 0.717) is 24.6 Å². The van der Waals surface area contributed by atoms with Gasteiger partial charge in [0.05, 0.1) is 17.2 Å². The first-order valence-corrected chi connectivity index (χ1v) is 9.06. The van der Waals surface area contributed by atoms with Crippen LogP contribution < -0.4 is 10.1 Å². The lowest BCUT2D eigenvalue weighted by Gasteiger charge is -2.12. The second kappa shape index (κ2) is 9.16. The van der Waals surface area contributed by atoms with Crippen molar-refractivity contribution < 1.29 is 14.5 Å². The Morgan fingerprint density at radius 3 is 2.52 bits per heavy atom. The number of anilines is 1. The Labute approximate surface area is 159 Å². The van der Waals surface area contributed by atoms with Crippen molar-refractivity contribution in [2.75, 3.05) is 11.9 Å². The van der Waals surface area contributed by atoms with Crippen molar-refractivity contribution in [2.45, 2.75) is 46.5 Å². The number of carbonyl (C=O) groups is 1. The van der Waals surface area contributed by atoms with Crippen LogP contribution >= 0.6 is 0 Å². The third-order valence-electron chi connectivity index (χ3n) is 4.39. The van der Waals surface area contributed by atoms with Crippen LogP contribution in [0.25, 0.3) is 0 Å². The number of carbonyl (C=O) groups excluding carboxylic acids is 1. The fourth-order valence-corrected chi connectivity index (χ4v) is 2.88. The molecular weight excluding hydrogens is 344 g/mol. The van der Waals surface area contributed by atoms with Crippen molar-refractivity contribution in [3.05, 3.63) is 63.2 Å². The lowest BCUT2D eigenvalue weighted by atomic mass is 9.98. The van der Waals surface area contributed by atoms with Crippen molar-refractivity contribution >= 4 is 17.3 Å². The minimum atomic E-state index is -0.477. The van der Waals surface area contributed by atoms with Gasteiger partial charge in [0.2, 0.25) is 5.91 Å². The van der Waals surface area contributed by atoms with E-state index >= 15 is 0 Å². The van der Waals surface area contributed by atoms with Crippen LogP contribution in [0.2, 0.25) is 0 Å². The molecule has 0 heterocycles. The molecule has 0 aliphatic heterocycles. The monoisotopic (exact) mass is 370 g/mol. The van der Waals surface area contributed by atoms with Crippen LogP contribution in [0.5, 0.6) is 5.75 Å². The lowest BCUT2D eigenvalue weighted by Crippen LogP contribution is -2.13. The number of non-ortho nitro benzene ring substituents is 1. The van der Waals surface area contributed by atoms with Gasteiger partial charge in [-0.1, -0.05) is 26.0 Å². The molecular formula is C21H26N2O4. The van der Waals surface area contributed by atoms with Crippen molar-refractivity contribution in [2.24, 2.45) is 0 Å². The molecule has 6 nitrogen and oxygen atoms in total. The number of aryl methyl sites for hydroxylation is 2. The van der Waals surface area contributed by atoms with Crippen molar-refractivity contribution in [1.29, 1.82) is 0 Å². The standard InChI is InChI=1S/C21H26N2O4/c1-14(2)19-10-9-18(12-16(19)4)27-11-5-6-21(24)22-20-13-17(23(25)26)8-7-15(20)3/h7-10,12-14H,5-6,11H2,1-4H3,(H,22,24). The van der Waals surface area contributed by atoms with Gasteiger partial charge in [-0.3, -0.25) is 14.9 Å². The van der Waals surface area contributed by atoms with Crippen LogP contribution in [-0.2, 0) is 4.79 Å². The summed E-state index contributed by atoms with van der Waals surface area (Å²) in [5.41, 5.74) is 3.70. The number of nitrogens with zero attached hydrogens (tertiary/aromatic N) is 1. The molecule has 2 aromatic carbocycles. The van der Waals surface area contributed by atoms with Crippen LogP contribution in [0.15, 0.2) is 36.4 Å². The zero-order valence-corrected chi connectivity index (χ0v) is 16.2. The molecule has 0 aromatic heterocycles. The minimum Gasteiger partial charge on any atom is -0.494 e. The number of nitro groups is 1. The summed E-state index contributed by atoms with van der Waals surface area (Å²) in [4.78, 5) is 22.5. The van der Waals surface area contributed by atoms with Gasteiger partial charge in [-0.2, -0.15) is 0 Å². The molecule has 0 atom stereocenters. The second-order valence-corrected chi connectivity index (χ2v) is 6.93. The maximum Gasteiger partial charge on any atom is 0.271 e. The fourth-order valence-electron chi connectivity index (χ4n) is 2.88. The van der Waals surface area contributed by atoms with Crippen LogP contribution in [0.4, 0.5) is 11.4 Å². The Morgan fingerprint density at radius 1 is 1.15 bits per heavy atom. The largest absolute Gasteiger partial charge is 0.494 e. The number of amides is 1. The van der Waals surface area contributed by atoms with E-state index in [1.165, 1.54) is 23.3 Å². The maximum absolute atomic E-state index is 12.1. The fraction of sp³-hybridized carbons (Fsp3) is 0.381. The molecule has 1 amide bonds. The molecule has 0 aliphatic carbocycles. The van der Waals surface area contributed by atoms with Gasteiger partial charge in [-0.15, -0.1) is 0 Å². The maximum atomic E-state index is 12.1. The molecule has 0 spiro atoms. The zero-order chi connectivity index (χ0) is 20.0. The van der Waals surface area contributed by atoms with E-state index in [1.54, 1.807) is 13.0 Å². The summed E-state index contributed by atoms with van der Waals surface area (Å²) < 4.78 is 5.73. The van der Waals surface area contributed by atoms with E-state index in [-0.39, 0.29) is 18.0 Å². The number of hydrogen-bond donors (Lipinski definition) is 1. The van der Waals surface area contributed by atoms with Crippen molar-refractivity contribution in [3.8, 4) is 5.75 Å². The van der Waals surface area contributed by atoms with Gasteiger partial charge < -0.3 is 10.1 Å². The molecule has 0 fully saturated rings. The summed E-state index contributed by atoms with van der Waals surface area (Å²) >= 11 is 0. The Morgan fingerprint density at radius 2 is 1.89 bits per heavy atom. The van der Waals surface area contributed by atoms with Gasteiger partial charge in [0, 0.05) is 18.6 Å². The number of hydrogen-bond acceptors (Lipinski definition) is 4. The molecule has 0 radical (unpaired) electrons. The quantitative estimate of drug-likeness (QED) is 0.397. The predicted octanol–water partition coefficient (Wildman–Crippen LogP) is 5.13. The van der Waals surface area contributed by atoms with E-state index in [9.17, 15) is 14.9 Å². The highest BCUT2D eigenvalue weighted by atomic mass is 16.6. The molecule has 0 aliphatic rings. The molecule has 0 saturated heterocycles. The van der Waals surface area contributed by atoms with Crippen LogP contribution in [0, 0.1) is 24.0 Å².